The molecule has 24 heavy (non-hydrogen) atoms. The second-order valence-electron chi connectivity index (χ2n) is 5.55. The summed E-state index contributed by atoms with van der Waals surface area (Å²) >= 11 is 0. The molecule has 126 valence electrons. The van der Waals surface area contributed by atoms with E-state index in [4.69, 9.17) is 0 Å². The standard InChI is InChI=1S/C17H19N3O4/c1-3-15(13-6-4-12(2)5-7-13)18-16(21)11-19-10-14(20(23)24)8-9-17(19)22/h4-10,15H,3,11H2,1-2H3,(H,18,21)/t15-/m0/s1. The fraction of sp³-hybridized carbons (Fsp3) is 0.294. The topological polar surface area (TPSA) is 94.2 Å². The number of aryl methyl sites for hydroxylation is 1. The van der Waals surface area contributed by atoms with Gasteiger partial charge in [0.25, 0.3) is 11.2 Å². The van der Waals surface area contributed by atoms with Gasteiger partial charge < -0.3 is 5.32 Å². The highest BCUT2D eigenvalue weighted by Gasteiger charge is 2.15. The Hall–Kier alpha value is -2.96. The molecule has 0 aliphatic heterocycles. The van der Waals surface area contributed by atoms with E-state index in [1.807, 2.05) is 38.1 Å². The molecule has 0 radical (unpaired) electrons. The molecule has 0 unspecified atom stereocenters. The molecule has 7 heteroatoms. The molecule has 0 aliphatic rings. The molecular weight excluding hydrogens is 310 g/mol. The van der Waals surface area contributed by atoms with Crippen LogP contribution in [0.25, 0.3) is 0 Å². The van der Waals surface area contributed by atoms with Gasteiger partial charge >= 0.3 is 0 Å². The lowest BCUT2D eigenvalue weighted by atomic mass is 10.0. The highest BCUT2D eigenvalue weighted by Crippen LogP contribution is 2.17. The molecule has 0 saturated heterocycles. The first-order chi connectivity index (χ1) is 11.4. The van der Waals surface area contributed by atoms with E-state index in [0.717, 1.165) is 34.0 Å². The lowest BCUT2D eigenvalue weighted by Crippen LogP contribution is -2.34. The summed E-state index contributed by atoms with van der Waals surface area (Å²) in [4.78, 5) is 34.1. The number of pyridine rings is 1. The fourth-order valence-electron chi connectivity index (χ4n) is 2.36. The van der Waals surface area contributed by atoms with Gasteiger partial charge in [0.05, 0.1) is 17.2 Å². The monoisotopic (exact) mass is 329 g/mol. The zero-order valence-electron chi connectivity index (χ0n) is 13.6. The largest absolute Gasteiger partial charge is 0.348 e. The molecule has 2 aromatic rings. The van der Waals surface area contributed by atoms with Crippen molar-refractivity contribution >= 4 is 11.6 Å². The molecule has 7 nitrogen and oxygen atoms in total. The first-order valence-electron chi connectivity index (χ1n) is 7.61. The summed E-state index contributed by atoms with van der Waals surface area (Å²) in [7, 11) is 0. The van der Waals surface area contributed by atoms with Crippen LogP contribution in [0, 0.1) is 17.0 Å². The van der Waals surface area contributed by atoms with Crippen molar-refractivity contribution in [3.05, 3.63) is 74.2 Å². The Bertz CT molecular complexity index is 796. The van der Waals surface area contributed by atoms with Gasteiger partial charge in [-0.25, -0.2) is 0 Å². The third-order valence-electron chi connectivity index (χ3n) is 3.72. The third kappa shape index (κ3) is 4.28. The summed E-state index contributed by atoms with van der Waals surface area (Å²) in [5.74, 6) is -0.370. The number of amides is 1. The van der Waals surface area contributed by atoms with E-state index in [0.29, 0.717) is 6.42 Å². The Morgan fingerprint density at radius 1 is 1.25 bits per heavy atom. The predicted octanol–water partition coefficient (Wildman–Crippen LogP) is 2.33. The van der Waals surface area contributed by atoms with Crippen LogP contribution in [0.4, 0.5) is 5.69 Å². The van der Waals surface area contributed by atoms with Crippen molar-refractivity contribution in [2.45, 2.75) is 32.9 Å². The molecule has 0 bridgehead atoms. The molecule has 1 heterocycles. The Morgan fingerprint density at radius 2 is 1.92 bits per heavy atom. The van der Waals surface area contributed by atoms with Crippen molar-refractivity contribution in [2.24, 2.45) is 0 Å². The molecule has 1 amide bonds. The van der Waals surface area contributed by atoms with Gasteiger partial charge in [-0.05, 0) is 18.9 Å². The Balaban J connectivity index is 2.12. The van der Waals surface area contributed by atoms with Gasteiger partial charge in [0.2, 0.25) is 5.91 Å². The van der Waals surface area contributed by atoms with E-state index in [9.17, 15) is 19.7 Å². The summed E-state index contributed by atoms with van der Waals surface area (Å²) in [6, 6.07) is 9.87. The number of nitrogens with one attached hydrogen (secondary N) is 1. The number of benzene rings is 1. The maximum absolute atomic E-state index is 12.2. The Kier molecular flexibility index (Phi) is 5.47. The van der Waals surface area contributed by atoms with Crippen molar-refractivity contribution < 1.29 is 9.72 Å². The van der Waals surface area contributed by atoms with Gasteiger partial charge in [-0.3, -0.25) is 24.3 Å². The second-order valence-corrected chi connectivity index (χ2v) is 5.55. The molecule has 0 saturated carbocycles. The molecule has 2 rings (SSSR count). The molecule has 0 fully saturated rings. The molecule has 0 spiro atoms. The number of hydrogen-bond acceptors (Lipinski definition) is 4. The summed E-state index contributed by atoms with van der Waals surface area (Å²) in [6.45, 7) is 3.67. The smallest absolute Gasteiger partial charge is 0.285 e. The third-order valence-corrected chi connectivity index (χ3v) is 3.72. The van der Waals surface area contributed by atoms with Crippen LogP contribution < -0.4 is 10.9 Å². The van der Waals surface area contributed by atoms with Crippen LogP contribution in [0.15, 0.2) is 47.4 Å². The van der Waals surface area contributed by atoms with Crippen molar-refractivity contribution in [1.82, 2.24) is 9.88 Å². The van der Waals surface area contributed by atoms with E-state index in [2.05, 4.69) is 5.32 Å². The van der Waals surface area contributed by atoms with E-state index >= 15 is 0 Å². The van der Waals surface area contributed by atoms with Gasteiger partial charge in [0.1, 0.15) is 6.54 Å². The first-order valence-corrected chi connectivity index (χ1v) is 7.61. The van der Waals surface area contributed by atoms with Crippen LogP contribution in [0.2, 0.25) is 0 Å². The average molecular weight is 329 g/mol. The lowest BCUT2D eigenvalue weighted by Gasteiger charge is -2.18. The fourth-order valence-corrected chi connectivity index (χ4v) is 2.36. The minimum absolute atomic E-state index is 0.174. The van der Waals surface area contributed by atoms with Gasteiger partial charge in [-0.1, -0.05) is 36.8 Å². The number of carbonyl (C=O) groups excluding carboxylic acids is 1. The molecule has 0 aliphatic carbocycles. The van der Waals surface area contributed by atoms with Gasteiger partial charge in [-0.2, -0.15) is 0 Å². The number of nitrogens with zero attached hydrogens (tertiary/aromatic N) is 2. The summed E-state index contributed by atoms with van der Waals surface area (Å²) in [5.41, 5.74) is 1.41. The average Bonchev–Trinajstić information content (AvgIpc) is 2.55. The summed E-state index contributed by atoms with van der Waals surface area (Å²) in [5, 5.41) is 13.6. The minimum atomic E-state index is -0.602. The van der Waals surface area contributed by atoms with Crippen LogP contribution in [0.3, 0.4) is 0 Å². The number of hydrogen-bond donors (Lipinski definition) is 1. The molecule has 1 N–H and O–H groups in total. The number of nitro groups is 1. The maximum atomic E-state index is 12.2. The van der Waals surface area contributed by atoms with Gasteiger partial charge in [0, 0.05) is 12.1 Å². The van der Waals surface area contributed by atoms with Crippen molar-refractivity contribution in [2.75, 3.05) is 0 Å². The lowest BCUT2D eigenvalue weighted by molar-refractivity contribution is -0.385. The Morgan fingerprint density at radius 3 is 2.50 bits per heavy atom. The highest BCUT2D eigenvalue weighted by atomic mass is 16.6. The van der Waals surface area contributed by atoms with Crippen LogP contribution >= 0.6 is 0 Å². The highest BCUT2D eigenvalue weighted by molar-refractivity contribution is 5.76. The normalized spacial score (nSPS) is 11.8. The quantitative estimate of drug-likeness (QED) is 0.650. The molecule has 1 aromatic heterocycles. The SMILES string of the molecule is CC[C@H](NC(=O)Cn1cc([N+](=O)[O-])ccc1=O)c1ccc(C)cc1. The zero-order chi connectivity index (χ0) is 17.7. The van der Waals surface area contributed by atoms with Crippen LogP contribution in [-0.4, -0.2) is 15.4 Å². The molecule has 1 atom stereocenters. The molecule has 1 aromatic carbocycles. The van der Waals surface area contributed by atoms with E-state index in [-0.39, 0.29) is 24.2 Å². The second kappa shape index (κ2) is 7.54. The van der Waals surface area contributed by atoms with Crippen molar-refractivity contribution in [3.63, 3.8) is 0 Å². The maximum Gasteiger partial charge on any atom is 0.285 e. The van der Waals surface area contributed by atoms with Gasteiger partial charge in [0.15, 0.2) is 0 Å². The predicted molar refractivity (Wildman–Crippen MR) is 89.7 cm³/mol. The Labute approximate surface area is 139 Å². The zero-order valence-corrected chi connectivity index (χ0v) is 13.6. The minimum Gasteiger partial charge on any atom is -0.348 e. The van der Waals surface area contributed by atoms with Crippen molar-refractivity contribution in [3.8, 4) is 0 Å². The van der Waals surface area contributed by atoms with Crippen molar-refractivity contribution in [1.29, 1.82) is 0 Å². The number of carbonyl (C=O) groups is 1. The van der Waals surface area contributed by atoms with Crippen LogP contribution in [0.5, 0.6) is 0 Å². The summed E-state index contributed by atoms with van der Waals surface area (Å²) < 4.78 is 1.04. The number of rotatable bonds is 6. The van der Waals surface area contributed by atoms with Gasteiger partial charge in [-0.15, -0.1) is 0 Å². The van der Waals surface area contributed by atoms with E-state index < -0.39 is 10.5 Å². The summed E-state index contributed by atoms with van der Waals surface area (Å²) in [6.07, 6.45) is 1.77. The van der Waals surface area contributed by atoms with Crippen LogP contribution in [-0.2, 0) is 11.3 Å². The number of aromatic nitrogens is 1. The van der Waals surface area contributed by atoms with E-state index in [1.54, 1.807) is 0 Å². The van der Waals surface area contributed by atoms with E-state index in [1.165, 1.54) is 0 Å². The molecular formula is C17H19N3O4. The first kappa shape index (κ1) is 17.4. The van der Waals surface area contributed by atoms with Crippen LogP contribution in [0.1, 0.15) is 30.5 Å².